The fraction of sp³-hybridized carbons (Fsp3) is 0.294. The van der Waals surface area contributed by atoms with Gasteiger partial charge < -0.3 is 0 Å². The van der Waals surface area contributed by atoms with Crippen LogP contribution in [0.1, 0.15) is 32.6 Å². The van der Waals surface area contributed by atoms with Gasteiger partial charge in [0.25, 0.3) is 0 Å². The maximum Gasteiger partial charge on any atom is 0.0595 e. The molecule has 0 aromatic heterocycles. The molecule has 0 N–H and O–H groups in total. The van der Waals surface area contributed by atoms with Gasteiger partial charge in [0, 0.05) is 4.83 Å². The number of halogens is 3. The second kappa shape index (κ2) is 6.51. The standard InChI is InChI=1S/C17H17BrCl2/c1-10-6-11(2)17(12(3)7-10)14(18)8-13-4-5-15(19)16(20)9-13/h4-7,9,14H,8H2,1-3H3. The average molecular weight is 372 g/mol. The average Bonchev–Trinajstić information content (AvgIpc) is 2.32. The third kappa shape index (κ3) is 3.58. The van der Waals surface area contributed by atoms with Gasteiger partial charge in [-0.2, -0.15) is 0 Å². The van der Waals surface area contributed by atoms with Gasteiger partial charge in [0.1, 0.15) is 0 Å². The van der Waals surface area contributed by atoms with Crippen molar-refractivity contribution in [2.24, 2.45) is 0 Å². The summed E-state index contributed by atoms with van der Waals surface area (Å²) in [5.74, 6) is 0. The highest BCUT2D eigenvalue weighted by Gasteiger charge is 2.14. The first-order chi connectivity index (χ1) is 9.38. The van der Waals surface area contributed by atoms with Crippen LogP contribution >= 0.6 is 39.1 Å². The van der Waals surface area contributed by atoms with Gasteiger partial charge in [-0.3, -0.25) is 0 Å². The molecule has 0 radical (unpaired) electrons. The minimum atomic E-state index is 0.278. The summed E-state index contributed by atoms with van der Waals surface area (Å²) in [7, 11) is 0. The van der Waals surface area contributed by atoms with E-state index < -0.39 is 0 Å². The van der Waals surface area contributed by atoms with E-state index in [0.717, 1.165) is 6.42 Å². The number of alkyl halides is 1. The zero-order valence-electron chi connectivity index (χ0n) is 11.8. The Morgan fingerprint density at radius 3 is 2.10 bits per heavy atom. The fourth-order valence-electron chi connectivity index (χ4n) is 2.66. The van der Waals surface area contributed by atoms with Crippen molar-refractivity contribution in [3.63, 3.8) is 0 Å². The van der Waals surface area contributed by atoms with Gasteiger partial charge in [-0.15, -0.1) is 0 Å². The molecule has 3 heteroatoms. The topological polar surface area (TPSA) is 0 Å². The highest BCUT2D eigenvalue weighted by molar-refractivity contribution is 9.09. The van der Waals surface area contributed by atoms with Crippen LogP contribution in [0.5, 0.6) is 0 Å². The first-order valence-corrected chi connectivity index (χ1v) is 8.21. The van der Waals surface area contributed by atoms with Gasteiger partial charge in [-0.05, 0) is 61.6 Å². The molecule has 2 aromatic rings. The second-order valence-electron chi connectivity index (χ2n) is 5.23. The lowest BCUT2D eigenvalue weighted by molar-refractivity contribution is 0.925. The van der Waals surface area contributed by atoms with Crippen LogP contribution in [0.3, 0.4) is 0 Å². The number of rotatable bonds is 3. The van der Waals surface area contributed by atoms with E-state index in [1.165, 1.54) is 27.8 Å². The molecule has 0 saturated carbocycles. The van der Waals surface area contributed by atoms with Gasteiger partial charge in [-0.1, -0.05) is 62.9 Å². The summed E-state index contributed by atoms with van der Waals surface area (Å²) in [4.78, 5) is 0.278. The molecular formula is C17H17BrCl2. The molecule has 2 rings (SSSR count). The molecule has 0 heterocycles. The zero-order valence-corrected chi connectivity index (χ0v) is 14.9. The zero-order chi connectivity index (χ0) is 14.9. The van der Waals surface area contributed by atoms with E-state index in [0.29, 0.717) is 10.0 Å². The third-order valence-corrected chi connectivity index (χ3v) is 4.97. The number of aryl methyl sites for hydroxylation is 3. The Bertz CT molecular complexity index is 612. The first-order valence-electron chi connectivity index (χ1n) is 6.54. The minimum absolute atomic E-state index is 0.278. The highest BCUT2D eigenvalue weighted by Crippen LogP contribution is 2.34. The number of hydrogen-bond acceptors (Lipinski definition) is 0. The predicted octanol–water partition coefficient (Wildman–Crippen LogP) is 6.60. The Hall–Kier alpha value is -0.500. The molecule has 0 aliphatic heterocycles. The molecule has 0 aliphatic carbocycles. The smallest absolute Gasteiger partial charge is 0.0595 e. The van der Waals surface area contributed by atoms with Crippen molar-refractivity contribution in [2.45, 2.75) is 32.0 Å². The summed E-state index contributed by atoms with van der Waals surface area (Å²) < 4.78 is 0. The van der Waals surface area contributed by atoms with Gasteiger partial charge in [-0.25, -0.2) is 0 Å². The van der Waals surface area contributed by atoms with Crippen LogP contribution in [-0.2, 0) is 6.42 Å². The molecule has 0 fully saturated rings. The number of benzene rings is 2. The van der Waals surface area contributed by atoms with E-state index in [-0.39, 0.29) is 4.83 Å². The molecule has 2 aromatic carbocycles. The van der Waals surface area contributed by atoms with Gasteiger partial charge >= 0.3 is 0 Å². The normalized spacial score (nSPS) is 12.5. The quantitative estimate of drug-likeness (QED) is 0.533. The van der Waals surface area contributed by atoms with Crippen LogP contribution in [0.25, 0.3) is 0 Å². The maximum atomic E-state index is 6.08. The summed E-state index contributed by atoms with van der Waals surface area (Å²) in [5, 5.41) is 1.21. The minimum Gasteiger partial charge on any atom is -0.0835 e. The van der Waals surface area contributed by atoms with E-state index in [1.807, 2.05) is 18.2 Å². The lowest BCUT2D eigenvalue weighted by Crippen LogP contribution is -2.01. The van der Waals surface area contributed by atoms with Crippen molar-refractivity contribution in [1.82, 2.24) is 0 Å². The molecule has 0 nitrogen and oxygen atoms in total. The highest BCUT2D eigenvalue weighted by atomic mass is 79.9. The Labute approximate surface area is 139 Å². The summed E-state index contributed by atoms with van der Waals surface area (Å²) in [5.41, 5.74) is 6.49. The van der Waals surface area contributed by atoms with Gasteiger partial charge in [0.05, 0.1) is 10.0 Å². The van der Waals surface area contributed by atoms with Crippen LogP contribution in [-0.4, -0.2) is 0 Å². The van der Waals surface area contributed by atoms with Gasteiger partial charge in [0.15, 0.2) is 0 Å². The molecule has 1 unspecified atom stereocenters. The molecular weight excluding hydrogens is 355 g/mol. The molecule has 20 heavy (non-hydrogen) atoms. The van der Waals surface area contributed by atoms with E-state index in [1.54, 1.807) is 0 Å². The summed E-state index contributed by atoms with van der Waals surface area (Å²) in [6.07, 6.45) is 0.891. The first kappa shape index (κ1) is 15.9. The number of hydrogen-bond donors (Lipinski definition) is 0. The van der Waals surface area contributed by atoms with Gasteiger partial charge in [0.2, 0.25) is 0 Å². The van der Waals surface area contributed by atoms with Crippen LogP contribution in [0, 0.1) is 20.8 Å². The van der Waals surface area contributed by atoms with Crippen molar-refractivity contribution < 1.29 is 0 Å². The lowest BCUT2D eigenvalue weighted by atomic mass is 9.94. The predicted molar refractivity (Wildman–Crippen MR) is 92.5 cm³/mol. The summed E-state index contributed by atoms with van der Waals surface area (Å²) in [6, 6.07) is 10.3. The van der Waals surface area contributed by atoms with E-state index >= 15 is 0 Å². The lowest BCUT2D eigenvalue weighted by Gasteiger charge is -2.17. The Morgan fingerprint density at radius 1 is 0.950 bits per heavy atom. The molecule has 0 saturated heterocycles. The molecule has 0 amide bonds. The molecule has 0 bridgehead atoms. The molecule has 106 valence electrons. The monoisotopic (exact) mass is 370 g/mol. The van der Waals surface area contributed by atoms with Crippen LogP contribution in [0.4, 0.5) is 0 Å². The third-order valence-electron chi connectivity index (χ3n) is 3.45. The Morgan fingerprint density at radius 2 is 1.55 bits per heavy atom. The van der Waals surface area contributed by atoms with Crippen molar-refractivity contribution in [3.05, 3.63) is 68.2 Å². The van der Waals surface area contributed by atoms with Crippen LogP contribution in [0.15, 0.2) is 30.3 Å². The molecule has 1 atom stereocenters. The second-order valence-corrected chi connectivity index (χ2v) is 7.15. The van der Waals surface area contributed by atoms with Crippen molar-refractivity contribution in [3.8, 4) is 0 Å². The summed E-state index contributed by atoms with van der Waals surface area (Å²) in [6.45, 7) is 6.46. The van der Waals surface area contributed by atoms with Crippen molar-refractivity contribution in [1.29, 1.82) is 0 Å². The van der Waals surface area contributed by atoms with E-state index in [9.17, 15) is 0 Å². The SMILES string of the molecule is Cc1cc(C)c(C(Br)Cc2ccc(Cl)c(Cl)c2)c(C)c1. The van der Waals surface area contributed by atoms with Crippen molar-refractivity contribution >= 4 is 39.1 Å². The largest absolute Gasteiger partial charge is 0.0835 e. The molecule has 0 aliphatic rings. The Balaban J connectivity index is 2.28. The van der Waals surface area contributed by atoms with E-state index in [4.69, 9.17) is 23.2 Å². The molecule has 0 spiro atoms. The van der Waals surface area contributed by atoms with Crippen molar-refractivity contribution in [2.75, 3.05) is 0 Å². The Kier molecular flexibility index (Phi) is 5.17. The maximum absolute atomic E-state index is 6.08. The van der Waals surface area contributed by atoms with Crippen LogP contribution < -0.4 is 0 Å². The summed E-state index contributed by atoms with van der Waals surface area (Å²) >= 11 is 15.9. The van der Waals surface area contributed by atoms with Crippen LogP contribution in [0.2, 0.25) is 10.0 Å². The van der Waals surface area contributed by atoms with E-state index in [2.05, 4.69) is 48.8 Å². The fourth-order valence-corrected chi connectivity index (χ4v) is 4.08.